The fraction of sp³-hybridized carbons (Fsp3) is 1.00. The number of hydrogen-bond donors (Lipinski definition) is 3. The zero-order valence-electron chi connectivity index (χ0n) is 3.85. The van der Waals surface area contributed by atoms with Gasteiger partial charge in [-0.1, -0.05) is 0 Å². The topological polar surface area (TPSA) is 83.8 Å². The van der Waals surface area contributed by atoms with Crippen molar-refractivity contribution >= 4 is 11.0 Å². The van der Waals surface area contributed by atoms with Gasteiger partial charge >= 0.3 is 0 Å². The molecule has 0 saturated carbocycles. The van der Waals surface area contributed by atoms with Crippen molar-refractivity contribution in [2.75, 3.05) is 6.61 Å². The molecule has 0 aromatic heterocycles. The highest BCUT2D eigenvalue weighted by Crippen LogP contribution is 1.76. The van der Waals surface area contributed by atoms with Gasteiger partial charge in [-0.3, -0.25) is 4.18 Å². The van der Waals surface area contributed by atoms with Gasteiger partial charge in [0.15, 0.2) is 6.29 Å². The molecule has 50 valence electrons. The molecule has 0 heterocycles. The van der Waals surface area contributed by atoms with Gasteiger partial charge in [0, 0.05) is 0 Å². The van der Waals surface area contributed by atoms with Crippen LogP contribution < -0.4 is 0 Å². The minimum atomic E-state index is -2.95. The average Bonchev–Trinajstić information content (AvgIpc) is 1.61. The maximum Gasteiger partial charge on any atom is 0.257 e. The maximum absolute atomic E-state index is 9.50. The Morgan fingerprint density at radius 2 is 2.00 bits per heavy atom. The zero-order valence-corrected chi connectivity index (χ0v) is 4.75. The van der Waals surface area contributed by atoms with Gasteiger partial charge in [0.2, 0.25) is 0 Å². The van der Waals surface area contributed by atoms with E-state index in [1.807, 2.05) is 0 Å². The fourth-order valence-electron chi connectivity index (χ4n) is 0.128. The summed E-state index contributed by atoms with van der Waals surface area (Å²) in [5, 5.41) is 15.9. The zero-order chi connectivity index (χ0) is 6.57. The van der Waals surface area contributed by atoms with Crippen molar-refractivity contribution in [3.63, 3.8) is 0 Å². The third-order valence-electron chi connectivity index (χ3n) is 0.329. The molecule has 0 fully saturated rings. The first-order valence-corrected chi connectivity index (χ1v) is 2.86. The largest absolute Gasteiger partial charge is 0.366 e. The molecule has 0 unspecified atom stereocenters. The van der Waals surface area contributed by atoms with Gasteiger partial charge in [-0.2, -0.15) is 0 Å². The van der Waals surface area contributed by atoms with Crippen LogP contribution in [0.3, 0.4) is 0 Å². The summed E-state index contributed by atoms with van der Waals surface area (Å²) in [5.41, 5.74) is 0. The molecule has 0 aromatic carbocycles. The highest BCUT2D eigenvalue weighted by molar-refractivity contribution is 7.67. The van der Waals surface area contributed by atoms with Crippen LogP contribution in [0.2, 0.25) is 0 Å². The summed E-state index contributed by atoms with van der Waals surface area (Å²) < 4.78 is 22.7. The highest BCUT2D eigenvalue weighted by Gasteiger charge is 1.95. The van der Waals surface area contributed by atoms with Crippen LogP contribution in [-0.4, -0.2) is 31.5 Å². The number of thiol groups is 1. The summed E-state index contributed by atoms with van der Waals surface area (Å²) in [6, 6.07) is 0. The molecule has 8 heavy (non-hydrogen) atoms. The summed E-state index contributed by atoms with van der Waals surface area (Å²) in [7, 11) is -2.95. The SMILES string of the molecule is O=[SH](=O)OCC(O)O. The van der Waals surface area contributed by atoms with Crippen LogP contribution in [0, 0.1) is 0 Å². The summed E-state index contributed by atoms with van der Waals surface area (Å²) in [4.78, 5) is 0. The Kier molecular flexibility index (Phi) is 3.71. The van der Waals surface area contributed by atoms with E-state index in [2.05, 4.69) is 4.18 Å². The lowest BCUT2D eigenvalue weighted by atomic mass is 10.7. The quantitative estimate of drug-likeness (QED) is 0.309. The minimum absolute atomic E-state index is 0.599. The molecule has 0 spiro atoms. The molecule has 0 radical (unpaired) electrons. The second-order valence-corrected chi connectivity index (χ2v) is 1.71. The van der Waals surface area contributed by atoms with Crippen LogP contribution in [-0.2, 0) is 15.2 Å². The molecule has 0 aliphatic carbocycles. The lowest BCUT2D eigenvalue weighted by Gasteiger charge is -1.95. The summed E-state index contributed by atoms with van der Waals surface area (Å²) in [6.07, 6.45) is -1.72. The third-order valence-corrected chi connectivity index (χ3v) is 0.689. The first-order chi connectivity index (χ1) is 3.63. The van der Waals surface area contributed by atoms with Crippen LogP contribution in [0.15, 0.2) is 0 Å². The van der Waals surface area contributed by atoms with E-state index in [0.717, 1.165) is 0 Å². The molecule has 0 aliphatic heterocycles. The normalized spacial score (nSPS) is 11.0. The third kappa shape index (κ3) is 5.83. The second-order valence-electron chi connectivity index (χ2n) is 1.000. The molecular formula is C2H6O5S. The fourth-order valence-corrected chi connectivity index (χ4v) is 0.383. The van der Waals surface area contributed by atoms with Gasteiger partial charge in [-0.15, -0.1) is 0 Å². The van der Waals surface area contributed by atoms with E-state index in [1.54, 1.807) is 0 Å². The van der Waals surface area contributed by atoms with E-state index < -0.39 is 23.9 Å². The molecule has 5 nitrogen and oxygen atoms in total. The van der Waals surface area contributed by atoms with E-state index in [9.17, 15) is 8.42 Å². The molecule has 0 atom stereocenters. The van der Waals surface area contributed by atoms with E-state index in [4.69, 9.17) is 10.2 Å². The van der Waals surface area contributed by atoms with E-state index in [-0.39, 0.29) is 0 Å². The van der Waals surface area contributed by atoms with Crippen LogP contribution in [0.25, 0.3) is 0 Å². The molecule has 2 N–H and O–H groups in total. The summed E-state index contributed by atoms with van der Waals surface area (Å²) >= 11 is 0. The predicted octanol–water partition coefficient (Wildman–Crippen LogP) is -2.16. The Morgan fingerprint density at radius 3 is 2.12 bits per heavy atom. The molecule has 0 rings (SSSR count). The molecule has 6 heteroatoms. The van der Waals surface area contributed by atoms with Crippen LogP contribution in [0.1, 0.15) is 0 Å². The minimum Gasteiger partial charge on any atom is -0.366 e. The van der Waals surface area contributed by atoms with Gasteiger partial charge in [-0.25, -0.2) is 8.42 Å². The van der Waals surface area contributed by atoms with Crippen LogP contribution in [0.4, 0.5) is 0 Å². The molecule has 0 saturated heterocycles. The van der Waals surface area contributed by atoms with E-state index in [0.29, 0.717) is 0 Å². The lowest BCUT2D eigenvalue weighted by Crippen LogP contribution is -2.12. The highest BCUT2D eigenvalue weighted by atomic mass is 32.2. The Morgan fingerprint density at radius 1 is 1.50 bits per heavy atom. The molecular weight excluding hydrogens is 136 g/mol. The van der Waals surface area contributed by atoms with E-state index in [1.165, 1.54) is 0 Å². The summed E-state index contributed by atoms with van der Waals surface area (Å²) in [5.74, 6) is 0. The van der Waals surface area contributed by atoms with Crippen molar-refractivity contribution in [3.05, 3.63) is 0 Å². The number of rotatable bonds is 3. The number of aliphatic hydroxyl groups excluding tert-OH is 1. The number of hydrogen-bond acceptors (Lipinski definition) is 5. The average molecular weight is 142 g/mol. The van der Waals surface area contributed by atoms with Crippen LogP contribution in [0.5, 0.6) is 0 Å². The first-order valence-electron chi connectivity index (χ1n) is 1.76. The first kappa shape index (κ1) is 7.83. The van der Waals surface area contributed by atoms with Crippen molar-refractivity contribution in [1.29, 1.82) is 0 Å². The van der Waals surface area contributed by atoms with Crippen molar-refractivity contribution in [1.82, 2.24) is 0 Å². The van der Waals surface area contributed by atoms with Gasteiger partial charge in [0.1, 0.15) is 6.61 Å². The molecule has 0 aromatic rings. The maximum atomic E-state index is 9.50. The molecule has 0 aliphatic rings. The Balaban J connectivity index is 3.18. The smallest absolute Gasteiger partial charge is 0.257 e. The van der Waals surface area contributed by atoms with Gasteiger partial charge in [-0.05, 0) is 0 Å². The van der Waals surface area contributed by atoms with Crippen LogP contribution >= 0.6 is 0 Å². The number of aliphatic hydroxyl groups is 2. The predicted molar refractivity (Wildman–Crippen MR) is 24.5 cm³/mol. The van der Waals surface area contributed by atoms with Gasteiger partial charge < -0.3 is 10.2 Å². The second kappa shape index (κ2) is 3.79. The monoisotopic (exact) mass is 142 g/mol. The van der Waals surface area contributed by atoms with Gasteiger partial charge in [0.05, 0.1) is 0 Å². The standard InChI is InChI=1S/C2H6O5S/c3-2(4)1-7-8(5)6/h2-4,8H,1H2. The van der Waals surface area contributed by atoms with Gasteiger partial charge in [0.25, 0.3) is 11.0 Å². The van der Waals surface area contributed by atoms with Crippen molar-refractivity contribution in [3.8, 4) is 0 Å². The Hall–Kier alpha value is -0.170. The Labute approximate surface area is 47.7 Å². The van der Waals surface area contributed by atoms with Crippen molar-refractivity contribution < 1.29 is 22.8 Å². The molecule has 0 amide bonds. The Bertz CT molecular complexity index is 108. The van der Waals surface area contributed by atoms with Crippen molar-refractivity contribution in [2.24, 2.45) is 0 Å². The van der Waals surface area contributed by atoms with E-state index >= 15 is 0 Å². The van der Waals surface area contributed by atoms with Crippen molar-refractivity contribution in [2.45, 2.75) is 6.29 Å². The lowest BCUT2D eigenvalue weighted by molar-refractivity contribution is -0.0659. The summed E-state index contributed by atoms with van der Waals surface area (Å²) in [6.45, 7) is -0.599. The molecule has 0 bridgehead atoms.